The molecule has 0 saturated carbocycles. The number of carbonyl (C=O) groups excluding carboxylic acids is 1. The number of carbonyl (C=O) groups is 2. The Morgan fingerprint density at radius 3 is 2.67 bits per heavy atom. The van der Waals surface area contributed by atoms with Crippen LogP contribution >= 0.6 is 15.9 Å². The summed E-state index contributed by atoms with van der Waals surface area (Å²) in [5.41, 5.74) is 1.07. The molecule has 1 N–H and O–H groups in total. The van der Waals surface area contributed by atoms with Gasteiger partial charge in [-0.3, -0.25) is 4.79 Å². The van der Waals surface area contributed by atoms with Crippen LogP contribution in [0.3, 0.4) is 0 Å². The molecular weight excluding hydrogens is 336 g/mol. The third kappa shape index (κ3) is 4.46. The van der Waals surface area contributed by atoms with Gasteiger partial charge in [0.15, 0.2) is 0 Å². The molecule has 1 heterocycles. The predicted molar refractivity (Wildman–Crippen MR) is 82.9 cm³/mol. The van der Waals surface area contributed by atoms with Gasteiger partial charge in [0.1, 0.15) is 0 Å². The van der Waals surface area contributed by atoms with Gasteiger partial charge in [-0.05, 0) is 30.0 Å². The molecule has 2 amide bonds. The molecule has 0 radical (unpaired) electrons. The van der Waals surface area contributed by atoms with Crippen LogP contribution in [0, 0.1) is 5.92 Å². The largest absolute Gasteiger partial charge is 0.481 e. The van der Waals surface area contributed by atoms with Crippen LogP contribution < -0.4 is 0 Å². The van der Waals surface area contributed by atoms with Crippen LogP contribution in [-0.4, -0.2) is 47.0 Å². The number of hydrogen-bond donors (Lipinski definition) is 1. The summed E-state index contributed by atoms with van der Waals surface area (Å²) in [6.45, 7) is 1.73. The lowest BCUT2D eigenvalue weighted by Crippen LogP contribution is -2.39. The highest BCUT2D eigenvalue weighted by molar-refractivity contribution is 9.10. The number of carboxylic acid groups (broad SMARTS) is 1. The number of hydrogen-bond acceptors (Lipinski definition) is 2. The minimum absolute atomic E-state index is 0.0363. The average molecular weight is 355 g/mol. The van der Waals surface area contributed by atoms with Gasteiger partial charge in [0, 0.05) is 37.6 Å². The summed E-state index contributed by atoms with van der Waals surface area (Å²) < 4.78 is 1.01. The van der Waals surface area contributed by atoms with Crippen molar-refractivity contribution < 1.29 is 14.7 Å². The van der Waals surface area contributed by atoms with Gasteiger partial charge >= 0.3 is 12.0 Å². The minimum Gasteiger partial charge on any atom is -0.481 e. The molecule has 0 spiro atoms. The SMILES string of the molecule is CN(Cc1ccc(Br)cc1)C(=O)N1CCC(CC(=O)O)C1. The number of urea groups is 1. The Hall–Kier alpha value is -1.56. The molecule has 1 aromatic rings. The maximum Gasteiger partial charge on any atom is 0.320 e. The van der Waals surface area contributed by atoms with Crippen molar-refractivity contribution >= 4 is 27.9 Å². The Bertz CT molecular complexity index is 518. The van der Waals surface area contributed by atoms with Gasteiger partial charge in [0.25, 0.3) is 0 Å². The highest BCUT2D eigenvalue weighted by atomic mass is 79.9. The first-order valence-corrected chi connectivity index (χ1v) is 7.71. The number of halogens is 1. The Kier molecular flexibility index (Phi) is 5.22. The topological polar surface area (TPSA) is 60.9 Å². The molecule has 114 valence electrons. The molecule has 6 heteroatoms. The molecule has 1 aliphatic rings. The van der Waals surface area contributed by atoms with Gasteiger partial charge in [0.2, 0.25) is 0 Å². The molecule has 1 aromatic carbocycles. The van der Waals surface area contributed by atoms with Crippen LogP contribution in [0.2, 0.25) is 0 Å². The molecule has 0 bridgehead atoms. The lowest BCUT2D eigenvalue weighted by Gasteiger charge is -2.24. The Morgan fingerprint density at radius 1 is 1.38 bits per heavy atom. The van der Waals surface area contributed by atoms with E-state index in [1.54, 1.807) is 16.8 Å². The molecule has 2 rings (SSSR count). The van der Waals surface area contributed by atoms with Crippen molar-refractivity contribution in [1.82, 2.24) is 9.80 Å². The highest BCUT2D eigenvalue weighted by Gasteiger charge is 2.29. The summed E-state index contributed by atoms with van der Waals surface area (Å²) in [6.07, 6.45) is 0.907. The van der Waals surface area contributed by atoms with Crippen LogP contribution in [0.1, 0.15) is 18.4 Å². The van der Waals surface area contributed by atoms with E-state index in [4.69, 9.17) is 5.11 Å². The number of nitrogens with zero attached hydrogens (tertiary/aromatic N) is 2. The second-order valence-corrected chi connectivity index (χ2v) is 6.38. The van der Waals surface area contributed by atoms with E-state index in [1.165, 1.54) is 0 Å². The zero-order valence-corrected chi connectivity index (χ0v) is 13.5. The van der Waals surface area contributed by atoms with E-state index in [-0.39, 0.29) is 18.4 Å². The number of benzene rings is 1. The first kappa shape index (κ1) is 15.8. The zero-order valence-electron chi connectivity index (χ0n) is 12.0. The van der Waals surface area contributed by atoms with E-state index < -0.39 is 5.97 Å². The van der Waals surface area contributed by atoms with Crippen molar-refractivity contribution in [2.75, 3.05) is 20.1 Å². The summed E-state index contributed by atoms with van der Waals surface area (Å²) in [5.74, 6) is -0.718. The molecule has 0 aromatic heterocycles. The number of carboxylic acids is 1. The van der Waals surface area contributed by atoms with Crippen molar-refractivity contribution in [1.29, 1.82) is 0 Å². The van der Waals surface area contributed by atoms with Crippen molar-refractivity contribution in [3.8, 4) is 0 Å². The number of aliphatic carboxylic acids is 1. The highest BCUT2D eigenvalue weighted by Crippen LogP contribution is 2.21. The standard InChI is InChI=1S/C15H19BrN2O3/c1-17(9-11-2-4-13(16)5-3-11)15(21)18-7-6-12(10-18)8-14(19)20/h2-5,12H,6-10H2,1H3,(H,19,20). The molecule has 1 aliphatic heterocycles. The van der Waals surface area contributed by atoms with Crippen LogP contribution in [0.4, 0.5) is 4.79 Å². The second kappa shape index (κ2) is 6.93. The molecule has 1 fully saturated rings. The monoisotopic (exact) mass is 354 g/mol. The minimum atomic E-state index is -0.794. The molecular formula is C15H19BrN2O3. The fraction of sp³-hybridized carbons (Fsp3) is 0.467. The smallest absolute Gasteiger partial charge is 0.320 e. The summed E-state index contributed by atoms with van der Waals surface area (Å²) in [4.78, 5) is 26.5. The van der Waals surface area contributed by atoms with E-state index >= 15 is 0 Å². The van der Waals surface area contributed by atoms with Crippen molar-refractivity contribution in [3.63, 3.8) is 0 Å². The summed E-state index contributed by atoms with van der Waals surface area (Å²) in [7, 11) is 1.77. The summed E-state index contributed by atoms with van der Waals surface area (Å²) >= 11 is 3.38. The first-order valence-electron chi connectivity index (χ1n) is 6.92. The van der Waals surface area contributed by atoms with Crippen LogP contribution in [0.15, 0.2) is 28.7 Å². The fourth-order valence-corrected chi connectivity index (χ4v) is 2.86. The van der Waals surface area contributed by atoms with E-state index in [0.29, 0.717) is 19.6 Å². The first-order chi connectivity index (χ1) is 9.95. The lowest BCUT2D eigenvalue weighted by molar-refractivity contribution is -0.138. The van der Waals surface area contributed by atoms with E-state index in [9.17, 15) is 9.59 Å². The normalized spacial score (nSPS) is 17.8. The average Bonchev–Trinajstić information content (AvgIpc) is 2.88. The number of rotatable bonds is 4. The quantitative estimate of drug-likeness (QED) is 0.904. The van der Waals surface area contributed by atoms with Gasteiger partial charge in [-0.15, -0.1) is 0 Å². The van der Waals surface area contributed by atoms with E-state index in [0.717, 1.165) is 16.5 Å². The Labute approximate surface area is 132 Å². The Balaban J connectivity index is 1.88. The van der Waals surface area contributed by atoms with Gasteiger partial charge in [-0.2, -0.15) is 0 Å². The second-order valence-electron chi connectivity index (χ2n) is 5.46. The van der Waals surface area contributed by atoms with Crippen molar-refractivity contribution in [2.24, 2.45) is 5.92 Å². The molecule has 5 nitrogen and oxygen atoms in total. The Morgan fingerprint density at radius 2 is 2.05 bits per heavy atom. The molecule has 21 heavy (non-hydrogen) atoms. The van der Waals surface area contributed by atoms with Crippen LogP contribution in [0.5, 0.6) is 0 Å². The molecule has 1 atom stereocenters. The zero-order chi connectivity index (χ0) is 15.4. The molecule has 1 unspecified atom stereocenters. The molecule has 1 saturated heterocycles. The number of likely N-dealkylation sites (tertiary alicyclic amines) is 1. The maximum absolute atomic E-state index is 12.3. The lowest BCUT2D eigenvalue weighted by atomic mass is 10.1. The summed E-state index contributed by atoms with van der Waals surface area (Å²) in [6, 6.07) is 7.82. The predicted octanol–water partition coefficient (Wildman–Crippen LogP) is 2.80. The fourth-order valence-electron chi connectivity index (χ4n) is 2.59. The maximum atomic E-state index is 12.3. The van der Waals surface area contributed by atoms with E-state index in [2.05, 4.69) is 15.9 Å². The van der Waals surface area contributed by atoms with Gasteiger partial charge < -0.3 is 14.9 Å². The third-order valence-corrected chi connectivity index (χ3v) is 4.21. The van der Waals surface area contributed by atoms with Crippen LogP contribution in [-0.2, 0) is 11.3 Å². The van der Waals surface area contributed by atoms with Crippen LogP contribution in [0.25, 0.3) is 0 Å². The summed E-state index contributed by atoms with van der Waals surface area (Å²) in [5, 5.41) is 8.81. The third-order valence-electron chi connectivity index (χ3n) is 3.68. The van der Waals surface area contributed by atoms with E-state index in [1.807, 2.05) is 24.3 Å². The molecule has 0 aliphatic carbocycles. The van der Waals surface area contributed by atoms with Gasteiger partial charge in [0.05, 0.1) is 0 Å². The number of amides is 2. The van der Waals surface area contributed by atoms with Gasteiger partial charge in [-0.25, -0.2) is 4.79 Å². The van der Waals surface area contributed by atoms with Gasteiger partial charge in [-0.1, -0.05) is 28.1 Å². The van der Waals surface area contributed by atoms with Crippen molar-refractivity contribution in [3.05, 3.63) is 34.3 Å². The van der Waals surface area contributed by atoms with Crippen molar-refractivity contribution in [2.45, 2.75) is 19.4 Å².